The van der Waals surface area contributed by atoms with Crippen molar-refractivity contribution in [3.8, 4) is 0 Å². The van der Waals surface area contributed by atoms with E-state index in [1.54, 1.807) is 42.5 Å². The van der Waals surface area contributed by atoms with E-state index >= 15 is 0 Å². The minimum absolute atomic E-state index is 0.186. The maximum Gasteiger partial charge on any atom is 0.274 e. The summed E-state index contributed by atoms with van der Waals surface area (Å²) in [6, 6.07) is 22.4. The number of amides is 2. The number of fused-ring (bicyclic) bond motifs is 2. The highest BCUT2D eigenvalue weighted by Gasteiger charge is 2.69. The van der Waals surface area contributed by atoms with Crippen LogP contribution in [0.4, 0.5) is 11.4 Å². The molecule has 2 heterocycles. The van der Waals surface area contributed by atoms with Gasteiger partial charge in [-0.2, -0.15) is 0 Å². The molecule has 0 bridgehead atoms. The molecule has 6 nitrogen and oxygen atoms in total. The van der Waals surface area contributed by atoms with Crippen LogP contribution < -0.4 is 9.80 Å². The van der Waals surface area contributed by atoms with Gasteiger partial charge in [0, 0.05) is 16.3 Å². The van der Waals surface area contributed by atoms with Gasteiger partial charge in [0.15, 0.2) is 9.84 Å². The maximum absolute atomic E-state index is 13.9. The molecule has 1 spiro atoms. The van der Waals surface area contributed by atoms with E-state index in [1.807, 2.05) is 30.3 Å². The number of carbonyl (C=O) groups excluding carboxylic acids is 2. The Morgan fingerprint density at radius 3 is 2.35 bits per heavy atom. The van der Waals surface area contributed by atoms with Gasteiger partial charge < -0.3 is 4.90 Å². The predicted molar refractivity (Wildman–Crippen MR) is 118 cm³/mol. The summed E-state index contributed by atoms with van der Waals surface area (Å²) in [5.41, 5.74) is 1.87. The van der Waals surface area contributed by atoms with Crippen molar-refractivity contribution in [2.75, 3.05) is 15.6 Å². The summed E-state index contributed by atoms with van der Waals surface area (Å²) in [4.78, 5) is 27.3. The van der Waals surface area contributed by atoms with Crippen molar-refractivity contribution in [2.24, 2.45) is 0 Å². The molecule has 2 amide bonds. The van der Waals surface area contributed by atoms with E-state index in [-0.39, 0.29) is 17.8 Å². The Morgan fingerprint density at radius 2 is 1.61 bits per heavy atom. The minimum Gasteiger partial charge on any atom is -0.304 e. The number of carbonyl (C=O) groups is 2. The zero-order valence-corrected chi connectivity index (χ0v) is 17.8. The van der Waals surface area contributed by atoms with Gasteiger partial charge in [-0.1, -0.05) is 66.2 Å². The average Bonchev–Trinajstić information content (AvgIpc) is 3.12. The van der Waals surface area contributed by atoms with Crippen molar-refractivity contribution in [2.45, 2.75) is 11.4 Å². The fraction of sp³-hybridized carbons (Fsp3) is 0.130. The lowest BCUT2D eigenvalue weighted by Gasteiger charge is -2.32. The number of hydrogen-bond acceptors (Lipinski definition) is 4. The first-order valence-corrected chi connectivity index (χ1v) is 11.7. The Balaban J connectivity index is 1.76. The molecular formula is C23H17ClN2O4S. The van der Waals surface area contributed by atoms with Gasteiger partial charge in [-0.3, -0.25) is 14.5 Å². The van der Waals surface area contributed by atoms with Crippen LogP contribution in [-0.4, -0.2) is 26.0 Å². The van der Waals surface area contributed by atoms with Crippen molar-refractivity contribution in [3.05, 3.63) is 95.0 Å². The van der Waals surface area contributed by atoms with Crippen molar-refractivity contribution in [3.63, 3.8) is 0 Å². The fourth-order valence-corrected chi connectivity index (χ4v) is 6.65. The predicted octanol–water partition coefficient (Wildman–Crippen LogP) is 3.50. The molecule has 3 aromatic carbocycles. The molecule has 1 fully saturated rings. The molecule has 3 aromatic rings. The molecule has 0 saturated carbocycles. The van der Waals surface area contributed by atoms with Crippen molar-refractivity contribution < 1.29 is 18.0 Å². The zero-order valence-electron chi connectivity index (χ0n) is 16.2. The van der Waals surface area contributed by atoms with E-state index in [2.05, 4.69) is 0 Å². The molecule has 156 valence electrons. The van der Waals surface area contributed by atoms with Crippen LogP contribution >= 0.6 is 11.6 Å². The highest BCUT2D eigenvalue weighted by atomic mass is 35.5. The molecule has 31 heavy (non-hydrogen) atoms. The molecule has 2 aliphatic heterocycles. The van der Waals surface area contributed by atoms with Gasteiger partial charge in [0.2, 0.25) is 5.91 Å². The lowest BCUT2D eigenvalue weighted by atomic mass is 10.0. The highest BCUT2D eigenvalue weighted by Crippen LogP contribution is 2.52. The summed E-state index contributed by atoms with van der Waals surface area (Å²) in [6.45, 7) is 0.186. The van der Waals surface area contributed by atoms with Crippen molar-refractivity contribution >= 4 is 44.6 Å². The van der Waals surface area contributed by atoms with Crippen LogP contribution in [0.3, 0.4) is 0 Å². The van der Waals surface area contributed by atoms with E-state index < -0.39 is 32.3 Å². The lowest BCUT2D eigenvalue weighted by Crippen LogP contribution is -2.54. The Morgan fingerprint density at radius 1 is 0.903 bits per heavy atom. The second-order valence-electron chi connectivity index (χ2n) is 7.51. The van der Waals surface area contributed by atoms with E-state index in [4.69, 9.17) is 11.6 Å². The molecule has 0 N–H and O–H groups in total. The first-order valence-electron chi connectivity index (χ1n) is 9.62. The van der Waals surface area contributed by atoms with Crippen LogP contribution in [0.15, 0.2) is 78.9 Å². The van der Waals surface area contributed by atoms with Gasteiger partial charge >= 0.3 is 0 Å². The van der Waals surface area contributed by atoms with Crippen LogP contribution in [0.2, 0.25) is 5.02 Å². The van der Waals surface area contributed by atoms with Gasteiger partial charge in [-0.05, 0) is 29.8 Å². The maximum atomic E-state index is 13.9. The fourth-order valence-electron chi connectivity index (χ4n) is 4.43. The molecule has 1 saturated heterocycles. The molecule has 1 atom stereocenters. The van der Waals surface area contributed by atoms with E-state index in [1.165, 1.54) is 11.0 Å². The first kappa shape index (κ1) is 19.8. The SMILES string of the molecule is O=C1CS(=O)(=O)C2(C(=O)N(Cc3ccccc3)c3ccccc32)N1c1cccc(Cl)c1. The third-order valence-electron chi connectivity index (χ3n) is 5.67. The zero-order chi connectivity index (χ0) is 21.8. The Kier molecular flexibility index (Phi) is 4.42. The summed E-state index contributed by atoms with van der Waals surface area (Å²) in [7, 11) is -4.19. The number of benzene rings is 3. The Labute approximate surface area is 184 Å². The number of hydrogen-bond donors (Lipinski definition) is 0. The standard InChI is InChI=1S/C23H17ClN2O4S/c24-17-9-6-10-18(13-17)26-21(27)15-31(29,30)23(26)19-11-4-5-12-20(19)25(22(23)28)14-16-7-2-1-3-8-16/h1-13H,14-15H2. The second kappa shape index (κ2) is 6.93. The average molecular weight is 453 g/mol. The topological polar surface area (TPSA) is 74.8 Å². The Bertz CT molecular complexity index is 1330. The normalized spacial score (nSPS) is 21.7. The molecular weight excluding hydrogens is 436 g/mol. The molecule has 0 aromatic heterocycles. The highest BCUT2D eigenvalue weighted by molar-refractivity contribution is 7.94. The van der Waals surface area contributed by atoms with Gasteiger partial charge in [-0.25, -0.2) is 8.42 Å². The summed E-state index contributed by atoms with van der Waals surface area (Å²) in [5.74, 6) is -2.07. The first-order chi connectivity index (χ1) is 14.9. The number of sulfone groups is 1. The van der Waals surface area contributed by atoms with E-state index in [0.717, 1.165) is 10.5 Å². The molecule has 0 radical (unpaired) electrons. The third-order valence-corrected chi connectivity index (χ3v) is 8.01. The van der Waals surface area contributed by atoms with E-state index in [9.17, 15) is 18.0 Å². The van der Waals surface area contributed by atoms with Crippen LogP contribution in [0.25, 0.3) is 0 Å². The van der Waals surface area contributed by atoms with Crippen molar-refractivity contribution in [1.29, 1.82) is 0 Å². The Hall–Kier alpha value is -3.16. The molecule has 1 unspecified atom stereocenters. The number of anilines is 2. The number of nitrogens with zero attached hydrogens (tertiary/aromatic N) is 2. The molecule has 8 heteroatoms. The summed E-state index contributed by atoms with van der Waals surface area (Å²) >= 11 is 6.13. The minimum atomic E-state index is -4.19. The molecule has 2 aliphatic rings. The molecule has 5 rings (SSSR count). The monoisotopic (exact) mass is 452 g/mol. The third kappa shape index (κ3) is 2.73. The van der Waals surface area contributed by atoms with Crippen LogP contribution in [0.1, 0.15) is 11.1 Å². The van der Waals surface area contributed by atoms with Gasteiger partial charge in [-0.15, -0.1) is 0 Å². The van der Waals surface area contributed by atoms with Crippen LogP contribution in [-0.2, 0) is 30.8 Å². The number of halogens is 1. The summed E-state index contributed by atoms with van der Waals surface area (Å²) in [5, 5.41) is 0.338. The molecule has 0 aliphatic carbocycles. The lowest BCUT2D eigenvalue weighted by molar-refractivity contribution is -0.123. The van der Waals surface area contributed by atoms with Crippen molar-refractivity contribution in [1.82, 2.24) is 0 Å². The smallest absolute Gasteiger partial charge is 0.274 e. The summed E-state index contributed by atoms with van der Waals surface area (Å²) in [6.07, 6.45) is 0. The largest absolute Gasteiger partial charge is 0.304 e. The van der Waals surface area contributed by atoms with Crippen LogP contribution in [0, 0.1) is 0 Å². The van der Waals surface area contributed by atoms with Gasteiger partial charge in [0.05, 0.1) is 12.2 Å². The quantitative estimate of drug-likeness (QED) is 0.609. The van der Waals surface area contributed by atoms with E-state index in [0.29, 0.717) is 10.7 Å². The van der Waals surface area contributed by atoms with Gasteiger partial charge in [0.25, 0.3) is 10.8 Å². The number of para-hydroxylation sites is 1. The summed E-state index contributed by atoms with van der Waals surface area (Å²) < 4.78 is 27.0. The van der Waals surface area contributed by atoms with Crippen LogP contribution in [0.5, 0.6) is 0 Å². The number of rotatable bonds is 3. The second-order valence-corrected chi connectivity index (χ2v) is 10.1. The van der Waals surface area contributed by atoms with Gasteiger partial charge in [0.1, 0.15) is 5.75 Å².